The molecular weight excluding hydrogens is 236 g/mol. The first-order chi connectivity index (χ1) is 9.01. The molecule has 1 aromatic carbocycles. The van der Waals surface area contributed by atoms with E-state index in [0.29, 0.717) is 0 Å². The highest BCUT2D eigenvalue weighted by molar-refractivity contribution is 5.67. The van der Waals surface area contributed by atoms with Gasteiger partial charge in [-0.25, -0.2) is 9.97 Å². The molecule has 0 aliphatic carbocycles. The van der Waals surface area contributed by atoms with E-state index >= 15 is 0 Å². The van der Waals surface area contributed by atoms with Crippen LogP contribution in [0.3, 0.4) is 0 Å². The van der Waals surface area contributed by atoms with Crippen LogP contribution >= 0.6 is 0 Å². The fourth-order valence-corrected chi connectivity index (χ4v) is 1.99. The summed E-state index contributed by atoms with van der Waals surface area (Å²) in [6.07, 6.45) is 0. The van der Waals surface area contributed by atoms with Crippen molar-refractivity contribution in [2.24, 2.45) is 0 Å². The fourth-order valence-electron chi connectivity index (χ4n) is 1.99. The Bertz CT molecular complexity index is 605. The SMILES string of the molecule is CNc1nc(C)nc(Nc2cc(C)ccc2C)c1C. The molecule has 0 unspecified atom stereocenters. The lowest BCUT2D eigenvalue weighted by Crippen LogP contribution is -2.06. The normalized spacial score (nSPS) is 10.4. The van der Waals surface area contributed by atoms with Gasteiger partial charge in [0.2, 0.25) is 0 Å². The third kappa shape index (κ3) is 2.84. The molecule has 4 nitrogen and oxygen atoms in total. The second-order valence-corrected chi connectivity index (χ2v) is 4.79. The molecule has 2 aromatic rings. The van der Waals surface area contributed by atoms with Crippen LogP contribution in [-0.2, 0) is 0 Å². The summed E-state index contributed by atoms with van der Waals surface area (Å²) in [4.78, 5) is 8.86. The molecule has 0 aliphatic heterocycles. The minimum absolute atomic E-state index is 0.753. The number of hydrogen-bond donors (Lipinski definition) is 2. The smallest absolute Gasteiger partial charge is 0.139 e. The molecule has 0 fully saturated rings. The highest BCUT2D eigenvalue weighted by atomic mass is 15.1. The summed E-state index contributed by atoms with van der Waals surface area (Å²) in [5.41, 5.74) is 4.54. The molecule has 19 heavy (non-hydrogen) atoms. The van der Waals surface area contributed by atoms with Crippen molar-refractivity contribution in [1.29, 1.82) is 0 Å². The number of aromatic nitrogens is 2. The Morgan fingerprint density at radius 2 is 1.63 bits per heavy atom. The number of anilines is 3. The maximum atomic E-state index is 4.49. The molecule has 100 valence electrons. The van der Waals surface area contributed by atoms with Gasteiger partial charge in [-0.3, -0.25) is 0 Å². The molecule has 0 bridgehead atoms. The van der Waals surface area contributed by atoms with Gasteiger partial charge in [-0.05, 0) is 44.9 Å². The second-order valence-electron chi connectivity index (χ2n) is 4.79. The van der Waals surface area contributed by atoms with E-state index in [1.165, 1.54) is 11.1 Å². The van der Waals surface area contributed by atoms with E-state index in [0.717, 1.165) is 28.7 Å². The highest BCUT2D eigenvalue weighted by Gasteiger charge is 2.09. The van der Waals surface area contributed by atoms with Crippen LogP contribution in [0.1, 0.15) is 22.5 Å². The van der Waals surface area contributed by atoms with E-state index in [1.54, 1.807) is 0 Å². The molecule has 1 heterocycles. The van der Waals surface area contributed by atoms with E-state index < -0.39 is 0 Å². The molecule has 2 N–H and O–H groups in total. The van der Waals surface area contributed by atoms with Crippen molar-refractivity contribution in [2.75, 3.05) is 17.7 Å². The van der Waals surface area contributed by atoms with Gasteiger partial charge in [0.15, 0.2) is 0 Å². The van der Waals surface area contributed by atoms with Crippen LogP contribution in [0, 0.1) is 27.7 Å². The van der Waals surface area contributed by atoms with Crippen LogP contribution in [0.5, 0.6) is 0 Å². The topological polar surface area (TPSA) is 49.8 Å². The molecular formula is C15H20N4. The fraction of sp³-hybridized carbons (Fsp3) is 0.333. The van der Waals surface area contributed by atoms with Gasteiger partial charge in [0.25, 0.3) is 0 Å². The van der Waals surface area contributed by atoms with E-state index in [4.69, 9.17) is 0 Å². The Kier molecular flexibility index (Phi) is 3.69. The molecule has 0 saturated carbocycles. The van der Waals surface area contributed by atoms with E-state index in [1.807, 2.05) is 20.9 Å². The average molecular weight is 256 g/mol. The first-order valence-corrected chi connectivity index (χ1v) is 6.38. The van der Waals surface area contributed by atoms with Gasteiger partial charge in [-0.15, -0.1) is 0 Å². The van der Waals surface area contributed by atoms with Crippen molar-refractivity contribution in [3.63, 3.8) is 0 Å². The lowest BCUT2D eigenvalue weighted by Gasteiger charge is -2.14. The Hall–Kier alpha value is -2.10. The summed E-state index contributed by atoms with van der Waals surface area (Å²) < 4.78 is 0. The van der Waals surface area contributed by atoms with Crippen molar-refractivity contribution >= 4 is 17.3 Å². The number of aryl methyl sites for hydroxylation is 3. The van der Waals surface area contributed by atoms with Crippen molar-refractivity contribution in [2.45, 2.75) is 27.7 Å². The Labute approximate surface area is 114 Å². The second kappa shape index (κ2) is 5.26. The van der Waals surface area contributed by atoms with Crippen molar-refractivity contribution in [3.05, 3.63) is 40.7 Å². The van der Waals surface area contributed by atoms with Gasteiger partial charge in [-0.2, -0.15) is 0 Å². The predicted molar refractivity (Wildman–Crippen MR) is 80.3 cm³/mol. The molecule has 2 rings (SSSR count). The molecule has 0 radical (unpaired) electrons. The first-order valence-electron chi connectivity index (χ1n) is 6.38. The van der Waals surface area contributed by atoms with Gasteiger partial charge >= 0.3 is 0 Å². The average Bonchev–Trinajstić information content (AvgIpc) is 2.37. The van der Waals surface area contributed by atoms with Crippen LogP contribution in [0.4, 0.5) is 17.3 Å². The van der Waals surface area contributed by atoms with Crippen LogP contribution in [-0.4, -0.2) is 17.0 Å². The van der Waals surface area contributed by atoms with E-state index in [-0.39, 0.29) is 0 Å². The number of nitrogens with zero attached hydrogens (tertiary/aromatic N) is 2. The van der Waals surface area contributed by atoms with E-state index in [9.17, 15) is 0 Å². The Balaban J connectivity index is 2.43. The number of benzene rings is 1. The van der Waals surface area contributed by atoms with Gasteiger partial charge in [0.05, 0.1) is 0 Å². The molecule has 4 heteroatoms. The quantitative estimate of drug-likeness (QED) is 0.882. The first kappa shape index (κ1) is 13.3. The number of nitrogens with one attached hydrogen (secondary N) is 2. The summed E-state index contributed by atoms with van der Waals surface area (Å²) in [6, 6.07) is 6.35. The zero-order valence-corrected chi connectivity index (χ0v) is 12.1. The maximum Gasteiger partial charge on any atom is 0.139 e. The van der Waals surface area contributed by atoms with Crippen LogP contribution in [0.15, 0.2) is 18.2 Å². The Morgan fingerprint density at radius 3 is 2.32 bits per heavy atom. The lowest BCUT2D eigenvalue weighted by molar-refractivity contribution is 1.03. The molecule has 0 spiro atoms. The number of rotatable bonds is 3. The summed E-state index contributed by atoms with van der Waals surface area (Å²) in [5, 5.41) is 6.50. The third-order valence-electron chi connectivity index (χ3n) is 3.14. The van der Waals surface area contributed by atoms with Crippen molar-refractivity contribution in [1.82, 2.24) is 9.97 Å². The highest BCUT2D eigenvalue weighted by Crippen LogP contribution is 2.25. The van der Waals surface area contributed by atoms with E-state index in [2.05, 4.69) is 52.6 Å². The lowest BCUT2D eigenvalue weighted by atomic mass is 10.1. The van der Waals surface area contributed by atoms with Gasteiger partial charge in [-0.1, -0.05) is 12.1 Å². The summed E-state index contributed by atoms with van der Waals surface area (Å²) in [6.45, 7) is 8.08. The monoisotopic (exact) mass is 256 g/mol. The predicted octanol–water partition coefficient (Wildman–Crippen LogP) is 3.50. The summed E-state index contributed by atoms with van der Waals surface area (Å²) in [7, 11) is 1.87. The summed E-state index contributed by atoms with van der Waals surface area (Å²) in [5.74, 6) is 2.47. The molecule has 0 atom stereocenters. The number of hydrogen-bond acceptors (Lipinski definition) is 4. The Morgan fingerprint density at radius 1 is 0.947 bits per heavy atom. The molecule has 1 aromatic heterocycles. The van der Waals surface area contributed by atoms with Gasteiger partial charge < -0.3 is 10.6 Å². The zero-order valence-electron chi connectivity index (χ0n) is 12.1. The molecule has 0 aliphatic rings. The van der Waals surface area contributed by atoms with Gasteiger partial charge in [0.1, 0.15) is 17.5 Å². The van der Waals surface area contributed by atoms with Crippen LogP contribution < -0.4 is 10.6 Å². The van der Waals surface area contributed by atoms with Crippen molar-refractivity contribution in [3.8, 4) is 0 Å². The van der Waals surface area contributed by atoms with Gasteiger partial charge in [0, 0.05) is 18.3 Å². The third-order valence-corrected chi connectivity index (χ3v) is 3.14. The minimum Gasteiger partial charge on any atom is -0.373 e. The van der Waals surface area contributed by atoms with Crippen LogP contribution in [0.25, 0.3) is 0 Å². The summed E-state index contributed by atoms with van der Waals surface area (Å²) >= 11 is 0. The zero-order chi connectivity index (χ0) is 14.0. The molecule has 0 saturated heterocycles. The standard InChI is InChI=1S/C15H20N4/c1-9-6-7-10(2)13(8-9)19-15-11(3)14(16-5)17-12(4)18-15/h6-8H,1-5H3,(H2,16,17,18,19). The minimum atomic E-state index is 0.753. The van der Waals surface area contributed by atoms with Crippen molar-refractivity contribution < 1.29 is 0 Å². The largest absolute Gasteiger partial charge is 0.373 e. The van der Waals surface area contributed by atoms with Crippen LogP contribution in [0.2, 0.25) is 0 Å². The maximum absolute atomic E-state index is 4.49. The molecule has 0 amide bonds.